The SMILES string of the molecule is COc1cc(CCl)cc(OC)c1OCCOC(C)(C)C. The van der Waals surface area contributed by atoms with Crippen LogP contribution in [0, 0.1) is 0 Å². The van der Waals surface area contributed by atoms with Crippen molar-refractivity contribution in [1.29, 1.82) is 0 Å². The van der Waals surface area contributed by atoms with Gasteiger partial charge in [0.1, 0.15) is 6.61 Å². The summed E-state index contributed by atoms with van der Waals surface area (Å²) >= 11 is 5.84. The van der Waals surface area contributed by atoms with Crippen LogP contribution in [0.2, 0.25) is 0 Å². The Bertz CT molecular complexity index is 401. The lowest BCUT2D eigenvalue weighted by Gasteiger charge is -2.20. The Hall–Kier alpha value is -1.13. The van der Waals surface area contributed by atoms with Crippen LogP contribution in [0.5, 0.6) is 17.2 Å². The van der Waals surface area contributed by atoms with E-state index in [0.717, 1.165) is 5.56 Å². The monoisotopic (exact) mass is 302 g/mol. The average molecular weight is 303 g/mol. The second-order valence-corrected chi connectivity index (χ2v) is 5.54. The van der Waals surface area contributed by atoms with Crippen LogP contribution >= 0.6 is 11.6 Å². The van der Waals surface area contributed by atoms with E-state index in [-0.39, 0.29) is 5.60 Å². The molecule has 0 aliphatic rings. The van der Waals surface area contributed by atoms with E-state index in [4.69, 9.17) is 30.5 Å². The molecule has 1 aromatic carbocycles. The van der Waals surface area contributed by atoms with E-state index in [1.54, 1.807) is 14.2 Å². The summed E-state index contributed by atoms with van der Waals surface area (Å²) in [7, 11) is 3.18. The minimum atomic E-state index is -0.181. The first-order valence-corrected chi connectivity index (χ1v) is 7.02. The molecule has 4 nitrogen and oxygen atoms in total. The molecule has 20 heavy (non-hydrogen) atoms. The van der Waals surface area contributed by atoms with E-state index < -0.39 is 0 Å². The summed E-state index contributed by atoms with van der Waals surface area (Å²) in [6.07, 6.45) is 0. The van der Waals surface area contributed by atoms with Crippen LogP contribution in [0.3, 0.4) is 0 Å². The number of benzene rings is 1. The Balaban J connectivity index is 2.77. The normalized spacial score (nSPS) is 11.3. The molecule has 1 rings (SSSR count). The van der Waals surface area contributed by atoms with Crippen LogP contribution in [0.15, 0.2) is 12.1 Å². The first-order valence-electron chi connectivity index (χ1n) is 6.49. The first kappa shape index (κ1) is 16.9. The highest BCUT2D eigenvalue weighted by Gasteiger charge is 2.15. The fourth-order valence-electron chi connectivity index (χ4n) is 1.65. The summed E-state index contributed by atoms with van der Waals surface area (Å²) < 4.78 is 22.0. The van der Waals surface area contributed by atoms with Crippen molar-refractivity contribution in [3.63, 3.8) is 0 Å². The van der Waals surface area contributed by atoms with Gasteiger partial charge in [0.25, 0.3) is 0 Å². The summed E-state index contributed by atoms with van der Waals surface area (Å²) in [6, 6.07) is 3.69. The average Bonchev–Trinajstić information content (AvgIpc) is 2.41. The van der Waals surface area contributed by atoms with Gasteiger partial charge in [-0.2, -0.15) is 0 Å². The van der Waals surface area contributed by atoms with Gasteiger partial charge in [-0.1, -0.05) is 0 Å². The highest BCUT2D eigenvalue weighted by atomic mass is 35.5. The van der Waals surface area contributed by atoms with Gasteiger partial charge < -0.3 is 18.9 Å². The first-order chi connectivity index (χ1) is 9.41. The maximum atomic E-state index is 5.84. The molecule has 0 unspecified atom stereocenters. The van der Waals surface area contributed by atoms with Crippen molar-refractivity contribution in [2.75, 3.05) is 27.4 Å². The van der Waals surface area contributed by atoms with Crippen LogP contribution in [0.1, 0.15) is 26.3 Å². The molecule has 0 aromatic heterocycles. The van der Waals surface area contributed by atoms with Crippen molar-refractivity contribution in [2.24, 2.45) is 0 Å². The zero-order valence-electron chi connectivity index (χ0n) is 12.8. The Morgan fingerprint density at radius 2 is 1.55 bits per heavy atom. The van der Waals surface area contributed by atoms with E-state index in [1.165, 1.54) is 0 Å². The lowest BCUT2D eigenvalue weighted by molar-refractivity contribution is -0.0167. The van der Waals surface area contributed by atoms with E-state index in [0.29, 0.717) is 36.3 Å². The molecule has 0 amide bonds. The van der Waals surface area contributed by atoms with Crippen molar-refractivity contribution >= 4 is 11.6 Å². The highest BCUT2D eigenvalue weighted by Crippen LogP contribution is 2.38. The Morgan fingerprint density at radius 1 is 1.00 bits per heavy atom. The van der Waals surface area contributed by atoms with E-state index in [9.17, 15) is 0 Å². The van der Waals surface area contributed by atoms with Gasteiger partial charge >= 0.3 is 0 Å². The van der Waals surface area contributed by atoms with Crippen LogP contribution in [0.4, 0.5) is 0 Å². The lowest BCUT2D eigenvalue weighted by atomic mass is 10.2. The molecule has 5 heteroatoms. The quantitative estimate of drug-likeness (QED) is 0.569. The number of hydrogen-bond donors (Lipinski definition) is 0. The van der Waals surface area contributed by atoms with Gasteiger partial charge in [0.05, 0.1) is 26.4 Å². The van der Waals surface area contributed by atoms with Crippen molar-refractivity contribution in [2.45, 2.75) is 32.3 Å². The van der Waals surface area contributed by atoms with Crippen molar-refractivity contribution < 1.29 is 18.9 Å². The van der Waals surface area contributed by atoms with Crippen LogP contribution < -0.4 is 14.2 Å². The van der Waals surface area contributed by atoms with Gasteiger partial charge in [-0.25, -0.2) is 0 Å². The zero-order valence-corrected chi connectivity index (χ0v) is 13.5. The molecule has 0 saturated heterocycles. The number of methoxy groups -OCH3 is 2. The van der Waals surface area contributed by atoms with Gasteiger partial charge in [0.15, 0.2) is 11.5 Å². The second-order valence-electron chi connectivity index (χ2n) is 5.27. The fourth-order valence-corrected chi connectivity index (χ4v) is 1.80. The largest absolute Gasteiger partial charge is 0.493 e. The van der Waals surface area contributed by atoms with E-state index in [2.05, 4.69) is 0 Å². The number of halogens is 1. The molecule has 0 radical (unpaired) electrons. The zero-order chi connectivity index (χ0) is 15.2. The molecule has 0 bridgehead atoms. The van der Waals surface area contributed by atoms with Crippen LogP contribution in [-0.2, 0) is 10.6 Å². The summed E-state index contributed by atoms with van der Waals surface area (Å²) in [5.74, 6) is 2.17. The molecule has 0 atom stereocenters. The van der Waals surface area contributed by atoms with Gasteiger partial charge in [-0.15, -0.1) is 11.6 Å². The Morgan fingerprint density at radius 3 is 1.95 bits per heavy atom. The lowest BCUT2D eigenvalue weighted by Crippen LogP contribution is -2.22. The minimum Gasteiger partial charge on any atom is -0.493 e. The molecule has 0 N–H and O–H groups in total. The molecular weight excluding hydrogens is 280 g/mol. The number of hydrogen-bond acceptors (Lipinski definition) is 4. The molecule has 0 fully saturated rings. The Kier molecular flexibility index (Phi) is 6.43. The van der Waals surface area contributed by atoms with Crippen LogP contribution in [0.25, 0.3) is 0 Å². The van der Waals surface area contributed by atoms with Gasteiger partial charge in [-0.3, -0.25) is 0 Å². The second kappa shape index (κ2) is 7.60. The van der Waals surface area contributed by atoms with E-state index >= 15 is 0 Å². The summed E-state index contributed by atoms with van der Waals surface area (Å²) in [4.78, 5) is 0. The molecule has 1 aromatic rings. The molecule has 0 aliphatic carbocycles. The predicted octanol–water partition coefficient (Wildman–Crippen LogP) is 3.64. The fraction of sp³-hybridized carbons (Fsp3) is 0.600. The third-order valence-corrected chi connectivity index (χ3v) is 2.85. The molecule has 0 aliphatic heterocycles. The summed E-state index contributed by atoms with van der Waals surface area (Å²) in [5.41, 5.74) is 0.735. The molecule has 0 heterocycles. The molecule has 114 valence electrons. The summed E-state index contributed by atoms with van der Waals surface area (Å²) in [5, 5.41) is 0. The van der Waals surface area contributed by atoms with Gasteiger partial charge in [0.2, 0.25) is 5.75 Å². The molecule has 0 saturated carbocycles. The Labute approximate surface area is 125 Å². The third-order valence-electron chi connectivity index (χ3n) is 2.54. The number of alkyl halides is 1. The minimum absolute atomic E-state index is 0.181. The van der Waals surface area contributed by atoms with Crippen molar-refractivity contribution in [1.82, 2.24) is 0 Å². The standard InChI is InChI=1S/C15H23ClO4/c1-15(2,3)20-7-6-19-14-12(17-4)8-11(10-16)9-13(14)18-5/h8-9H,6-7,10H2,1-5H3. The van der Waals surface area contributed by atoms with Crippen molar-refractivity contribution in [3.8, 4) is 17.2 Å². The smallest absolute Gasteiger partial charge is 0.203 e. The number of ether oxygens (including phenoxy) is 4. The topological polar surface area (TPSA) is 36.9 Å². The highest BCUT2D eigenvalue weighted by molar-refractivity contribution is 6.17. The van der Waals surface area contributed by atoms with Crippen LogP contribution in [-0.4, -0.2) is 33.0 Å². The number of rotatable bonds is 7. The third kappa shape index (κ3) is 5.10. The maximum Gasteiger partial charge on any atom is 0.203 e. The predicted molar refractivity (Wildman–Crippen MR) is 80.3 cm³/mol. The van der Waals surface area contributed by atoms with Gasteiger partial charge in [-0.05, 0) is 38.5 Å². The van der Waals surface area contributed by atoms with Gasteiger partial charge in [0, 0.05) is 5.88 Å². The molecule has 0 spiro atoms. The molecular formula is C15H23ClO4. The van der Waals surface area contributed by atoms with E-state index in [1.807, 2.05) is 32.9 Å². The van der Waals surface area contributed by atoms with Crippen molar-refractivity contribution in [3.05, 3.63) is 17.7 Å². The maximum absolute atomic E-state index is 5.84. The summed E-state index contributed by atoms with van der Waals surface area (Å²) in [6.45, 7) is 6.92.